The van der Waals surface area contributed by atoms with E-state index in [9.17, 15) is 0 Å². The lowest BCUT2D eigenvalue weighted by Crippen LogP contribution is -1.91. The number of unbranched alkanes of at least 4 members (excludes halogenated alkanes) is 2. The zero-order valence-electron chi connectivity index (χ0n) is 7.80. The van der Waals surface area contributed by atoms with E-state index in [1.54, 1.807) is 0 Å². The molecule has 0 fully saturated rings. The first-order valence-corrected chi connectivity index (χ1v) is 4.52. The third kappa shape index (κ3) is 2.22. The third-order valence-corrected chi connectivity index (χ3v) is 2.00. The molecular formula is C9H14N4. The van der Waals surface area contributed by atoms with Crippen LogP contribution in [0.25, 0.3) is 0 Å². The van der Waals surface area contributed by atoms with Gasteiger partial charge in [-0.1, -0.05) is 19.8 Å². The predicted molar refractivity (Wildman–Crippen MR) is 50.9 cm³/mol. The molecule has 4 heteroatoms. The number of hydrogen-bond acceptors (Lipinski definition) is 3. The molecule has 0 bridgehead atoms. The topological polar surface area (TPSA) is 78.5 Å². The number of nitrogens with two attached hydrogens (primary N) is 1. The van der Waals surface area contributed by atoms with Crippen molar-refractivity contribution in [1.82, 2.24) is 10.2 Å². The van der Waals surface area contributed by atoms with E-state index in [1.165, 1.54) is 6.42 Å². The van der Waals surface area contributed by atoms with Crippen molar-refractivity contribution in [2.45, 2.75) is 32.6 Å². The van der Waals surface area contributed by atoms with Crippen molar-refractivity contribution >= 4 is 5.82 Å². The molecule has 70 valence electrons. The molecule has 1 rings (SSSR count). The Bertz CT molecular complexity index is 308. The molecule has 0 amide bonds. The van der Waals surface area contributed by atoms with Crippen LogP contribution < -0.4 is 5.73 Å². The summed E-state index contributed by atoms with van der Waals surface area (Å²) in [6, 6.07) is 2.05. The standard InChI is InChI=1S/C9H14N4/c1-2-3-4-5-8-7(6-10)9(11)13-12-8/h2-5H2,1H3,(H3,11,12,13). The Balaban J connectivity index is 2.62. The Morgan fingerprint density at radius 1 is 1.54 bits per heavy atom. The number of anilines is 1. The molecule has 0 unspecified atom stereocenters. The third-order valence-electron chi connectivity index (χ3n) is 2.00. The number of hydrogen-bond donors (Lipinski definition) is 2. The molecule has 1 aromatic rings. The highest BCUT2D eigenvalue weighted by molar-refractivity contribution is 5.50. The summed E-state index contributed by atoms with van der Waals surface area (Å²) in [5.74, 6) is 0.383. The Morgan fingerprint density at radius 3 is 2.92 bits per heavy atom. The number of nitrogen functional groups attached to an aromatic ring is 1. The van der Waals surface area contributed by atoms with Crippen LogP contribution in [0.2, 0.25) is 0 Å². The van der Waals surface area contributed by atoms with E-state index in [1.807, 2.05) is 0 Å². The molecule has 0 saturated heterocycles. The highest BCUT2D eigenvalue weighted by atomic mass is 15.2. The van der Waals surface area contributed by atoms with Crippen molar-refractivity contribution in [3.8, 4) is 6.07 Å². The monoisotopic (exact) mass is 178 g/mol. The van der Waals surface area contributed by atoms with Gasteiger partial charge in [0.15, 0.2) is 0 Å². The molecule has 0 atom stereocenters. The summed E-state index contributed by atoms with van der Waals surface area (Å²) in [7, 11) is 0. The van der Waals surface area contributed by atoms with E-state index in [0.717, 1.165) is 25.0 Å². The molecule has 3 N–H and O–H groups in total. The van der Waals surface area contributed by atoms with Crippen molar-refractivity contribution in [2.75, 3.05) is 5.73 Å². The molecule has 1 heterocycles. The van der Waals surface area contributed by atoms with Crippen molar-refractivity contribution in [2.24, 2.45) is 0 Å². The van der Waals surface area contributed by atoms with Crippen molar-refractivity contribution in [3.05, 3.63) is 11.3 Å². The number of rotatable bonds is 4. The van der Waals surface area contributed by atoms with Crippen molar-refractivity contribution in [1.29, 1.82) is 5.26 Å². The molecule has 0 aliphatic heterocycles. The van der Waals surface area contributed by atoms with Gasteiger partial charge in [-0.15, -0.1) is 0 Å². The van der Waals surface area contributed by atoms with E-state index in [4.69, 9.17) is 11.0 Å². The number of nitrogens with zero attached hydrogens (tertiary/aromatic N) is 2. The first kappa shape index (κ1) is 9.59. The number of nitrogens with one attached hydrogen (secondary N) is 1. The van der Waals surface area contributed by atoms with Gasteiger partial charge in [0.05, 0.1) is 5.69 Å². The zero-order valence-corrected chi connectivity index (χ0v) is 7.80. The average molecular weight is 178 g/mol. The molecule has 1 aromatic heterocycles. The van der Waals surface area contributed by atoms with Crippen LogP contribution in [-0.2, 0) is 6.42 Å². The van der Waals surface area contributed by atoms with Gasteiger partial charge in [0.25, 0.3) is 0 Å². The first-order chi connectivity index (χ1) is 6.29. The van der Waals surface area contributed by atoms with Gasteiger partial charge in [-0.05, 0) is 12.8 Å². The van der Waals surface area contributed by atoms with Gasteiger partial charge in [0.2, 0.25) is 0 Å². The maximum Gasteiger partial charge on any atom is 0.137 e. The summed E-state index contributed by atoms with van der Waals surface area (Å²) in [5, 5.41) is 15.4. The van der Waals surface area contributed by atoms with Crippen LogP contribution in [0.4, 0.5) is 5.82 Å². The molecular weight excluding hydrogens is 164 g/mol. The maximum absolute atomic E-state index is 8.75. The normalized spacial score (nSPS) is 9.85. The second kappa shape index (κ2) is 4.51. The van der Waals surface area contributed by atoms with Gasteiger partial charge in [-0.2, -0.15) is 10.4 Å². The van der Waals surface area contributed by atoms with Crippen LogP contribution in [0, 0.1) is 11.3 Å². The number of aryl methyl sites for hydroxylation is 1. The Hall–Kier alpha value is -1.50. The minimum atomic E-state index is 0.383. The highest BCUT2D eigenvalue weighted by Crippen LogP contribution is 2.14. The Morgan fingerprint density at radius 2 is 2.31 bits per heavy atom. The molecule has 0 spiro atoms. The van der Waals surface area contributed by atoms with Crippen LogP contribution in [0.5, 0.6) is 0 Å². The van der Waals surface area contributed by atoms with E-state index in [-0.39, 0.29) is 0 Å². The highest BCUT2D eigenvalue weighted by Gasteiger charge is 2.08. The van der Waals surface area contributed by atoms with Gasteiger partial charge in [0, 0.05) is 0 Å². The summed E-state index contributed by atoms with van der Waals surface area (Å²) >= 11 is 0. The van der Waals surface area contributed by atoms with E-state index in [0.29, 0.717) is 11.4 Å². The van der Waals surface area contributed by atoms with Crippen molar-refractivity contribution in [3.63, 3.8) is 0 Å². The van der Waals surface area contributed by atoms with E-state index >= 15 is 0 Å². The summed E-state index contributed by atoms with van der Waals surface area (Å²) in [5.41, 5.74) is 6.83. The number of H-pyrrole nitrogens is 1. The first-order valence-electron chi connectivity index (χ1n) is 4.52. The smallest absolute Gasteiger partial charge is 0.137 e. The number of aromatic nitrogens is 2. The van der Waals surface area contributed by atoms with Crippen LogP contribution >= 0.6 is 0 Å². The lowest BCUT2D eigenvalue weighted by atomic mass is 10.1. The van der Waals surface area contributed by atoms with Gasteiger partial charge in [-0.3, -0.25) is 5.10 Å². The largest absolute Gasteiger partial charge is 0.383 e. The van der Waals surface area contributed by atoms with E-state index in [2.05, 4.69) is 23.2 Å². The molecule has 0 aliphatic rings. The Labute approximate surface area is 77.8 Å². The van der Waals surface area contributed by atoms with Gasteiger partial charge in [0.1, 0.15) is 17.5 Å². The van der Waals surface area contributed by atoms with Crippen LogP contribution in [-0.4, -0.2) is 10.2 Å². The van der Waals surface area contributed by atoms with Gasteiger partial charge >= 0.3 is 0 Å². The minimum Gasteiger partial charge on any atom is -0.383 e. The summed E-state index contributed by atoms with van der Waals surface area (Å²) in [4.78, 5) is 0. The summed E-state index contributed by atoms with van der Waals surface area (Å²) < 4.78 is 0. The predicted octanol–water partition coefficient (Wildman–Crippen LogP) is 1.60. The lowest BCUT2D eigenvalue weighted by Gasteiger charge is -1.95. The fourth-order valence-electron chi connectivity index (χ4n) is 1.24. The molecule has 0 saturated carbocycles. The maximum atomic E-state index is 8.75. The van der Waals surface area contributed by atoms with Crippen LogP contribution in [0.3, 0.4) is 0 Å². The van der Waals surface area contributed by atoms with Crippen molar-refractivity contribution < 1.29 is 0 Å². The Kier molecular flexibility index (Phi) is 3.32. The quantitative estimate of drug-likeness (QED) is 0.687. The number of aromatic amines is 1. The lowest BCUT2D eigenvalue weighted by molar-refractivity contribution is 0.704. The summed E-state index contributed by atoms with van der Waals surface area (Å²) in [6.07, 6.45) is 4.24. The van der Waals surface area contributed by atoms with Gasteiger partial charge in [-0.25, -0.2) is 0 Å². The van der Waals surface area contributed by atoms with Crippen LogP contribution in [0.1, 0.15) is 37.4 Å². The fraction of sp³-hybridized carbons (Fsp3) is 0.556. The fourth-order valence-corrected chi connectivity index (χ4v) is 1.24. The van der Waals surface area contributed by atoms with E-state index < -0.39 is 0 Å². The molecule has 0 aliphatic carbocycles. The molecule has 0 aromatic carbocycles. The molecule has 0 radical (unpaired) electrons. The zero-order chi connectivity index (χ0) is 9.68. The minimum absolute atomic E-state index is 0.383. The average Bonchev–Trinajstić information content (AvgIpc) is 2.47. The summed E-state index contributed by atoms with van der Waals surface area (Å²) in [6.45, 7) is 2.14. The molecule has 13 heavy (non-hydrogen) atoms. The van der Waals surface area contributed by atoms with Crippen LogP contribution in [0.15, 0.2) is 0 Å². The van der Waals surface area contributed by atoms with Gasteiger partial charge < -0.3 is 5.73 Å². The number of nitriles is 1. The second-order valence-electron chi connectivity index (χ2n) is 3.03. The SMILES string of the molecule is CCCCCc1n[nH]c(N)c1C#N. The second-order valence-corrected chi connectivity index (χ2v) is 3.03. The molecule has 4 nitrogen and oxygen atoms in total.